The van der Waals surface area contributed by atoms with E-state index in [1.54, 1.807) is 18.3 Å². The maximum Gasteiger partial charge on any atom is 0.147 e. The van der Waals surface area contributed by atoms with Gasteiger partial charge in [-0.2, -0.15) is 0 Å². The fourth-order valence-electron chi connectivity index (χ4n) is 4.69. The van der Waals surface area contributed by atoms with Crippen molar-refractivity contribution in [3.05, 3.63) is 76.4 Å². The van der Waals surface area contributed by atoms with Crippen LogP contribution in [0.4, 0.5) is 10.2 Å². The van der Waals surface area contributed by atoms with Crippen LogP contribution in [0.15, 0.2) is 60.0 Å². The topological polar surface area (TPSA) is 61.0 Å². The summed E-state index contributed by atoms with van der Waals surface area (Å²) in [5.74, 6) is 1.67. The van der Waals surface area contributed by atoms with Crippen LogP contribution in [0.3, 0.4) is 0 Å². The van der Waals surface area contributed by atoms with Crippen molar-refractivity contribution >= 4 is 40.6 Å². The van der Waals surface area contributed by atoms with E-state index in [1.807, 2.05) is 12.1 Å². The Balaban J connectivity index is 1.63. The van der Waals surface area contributed by atoms with Gasteiger partial charge in [-0.25, -0.2) is 14.4 Å². The number of aromatic nitrogens is 1. The number of aliphatic imine (C=N–C) groups is 1. The molecule has 2 saturated heterocycles. The first kappa shape index (κ1) is 25.3. The molecule has 1 aromatic carbocycles. The molecule has 2 N–H and O–H groups in total. The zero-order chi connectivity index (χ0) is 25.1. The van der Waals surface area contributed by atoms with Gasteiger partial charge in [-0.05, 0) is 51.0 Å². The van der Waals surface area contributed by atoms with Gasteiger partial charge in [-0.3, -0.25) is 0 Å². The fraction of sp³-hybridized carbons (Fsp3) is 0.385. The summed E-state index contributed by atoms with van der Waals surface area (Å²) in [6.45, 7) is 11.6. The Bertz CT molecular complexity index is 1150. The van der Waals surface area contributed by atoms with Crippen LogP contribution in [-0.2, 0) is 0 Å². The Labute approximate surface area is 216 Å². The van der Waals surface area contributed by atoms with E-state index < -0.39 is 5.82 Å². The van der Waals surface area contributed by atoms with E-state index in [-0.39, 0.29) is 11.1 Å². The van der Waals surface area contributed by atoms with E-state index >= 15 is 0 Å². The minimum atomic E-state index is -0.511. The van der Waals surface area contributed by atoms with E-state index in [4.69, 9.17) is 33.9 Å². The van der Waals surface area contributed by atoms with Gasteiger partial charge in [0.1, 0.15) is 23.3 Å². The largest absolute Gasteiger partial charge is 0.398 e. The number of rotatable bonds is 5. The van der Waals surface area contributed by atoms with Gasteiger partial charge >= 0.3 is 0 Å². The molecule has 0 saturated carbocycles. The van der Waals surface area contributed by atoms with E-state index in [1.165, 1.54) is 12.1 Å². The summed E-state index contributed by atoms with van der Waals surface area (Å²) in [7, 11) is 0. The second kappa shape index (κ2) is 10.9. The van der Waals surface area contributed by atoms with Crippen LogP contribution >= 0.6 is 23.2 Å². The van der Waals surface area contributed by atoms with Crippen molar-refractivity contribution in [3.8, 4) is 0 Å². The number of nitrogens with two attached hydrogens (primary N) is 1. The highest BCUT2D eigenvalue weighted by molar-refractivity contribution is 6.33. The van der Waals surface area contributed by atoms with Crippen molar-refractivity contribution in [3.63, 3.8) is 0 Å². The molecule has 3 heterocycles. The molecule has 0 unspecified atom stereocenters. The Kier molecular flexibility index (Phi) is 7.87. The maximum atomic E-state index is 14.1. The number of hydrogen-bond acceptors (Lipinski definition) is 5. The zero-order valence-electron chi connectivity index (χ0n) is 20.1. The summed E-state index contributed by atoms with van der Waals surface area (Å²) >= 11 is 12.3. The van der Waals surface area contributed by atoms with Crippen LogP contribution in [0.1, 0.15) is 32.3 Å². The molecule has 6 nitrogen and oxygen atoms in total. The van der Waals surface area contributed by atoms with Crippen molar-refractivity contribution in [2.45, 2.75) is 38.8 Å². The Morgan fingerprint density at radius 1 is 1.14 bits per heavy atom. The second-order valence-corrected chi connectivity index (χ2v) is 9.91. The molecule has 1 aromatic heterocycles. The highest BCUT2D eigenvalue weighted by atomic mass is 35.5. The summed E-state index contributed by atoms with van der Waals surface area (Å²) < 4.78 is 14.1. The van der Waals surface area contributed by atoms with Crippen LogP contribution in [0.5, 0.6) is 0 Å². The quantitative estimate of drug-likeness (QED) is 0.426. The first-order valence-corrected chi connectivity index (χ1v) is 12.6. The molecule has 9 heteroatoms. The minimum Gasteiger partial charge on any atom is -0.398 e. The van der Waals surface area contributed by atoms with Crippen molar-refractivity contribution in [2.75, 3.05) is 31.1 Å². The van der Waals surface area contributed by atoms with Crippen LogP contribution in [0, 0.1) is 5.82 Å². The van der Waals surface area contributed by atoms with Crippen molar-refractivity contribution in [1.82, 2.24) is 14.8 Å². The number of nitrogens with zero attached hydrogens (tertiary/aromatic N) is 5. The number of hydrogen-bond donors (Lipinski definition) is 1. The van der Waals surface area contributed by atoms with E-state index in [9.17, 15) is 4.39 Å². The van der Waals surface area contributed by atoms with E-state index in [0.29, 0.717) is 47.1 Å². The van der Waals surface area contributed by atoms with Gasteiger partial charge in [0.15, 0.2) is 0 Å². The number of halogens is 3. The predicted octanol–water partition coefficient (Wildman–Crippen LogP) is 5.39. The highest BCUT2D eigenvalue weighted by Gasteiger charge is 2.28. The van der Waals surface area contributed by atoms with Crippen molar-refractivity contribution in [1.29, 1.82) is 0 Å². The first-order valence-electron chi connectivity index (χ1n) is 11.8. The third kappa shape index (κ3) is 5.73. The third-order valence-electron chi connectivity index (χ3n) is 6.63. The summed E-state index contributed by atoms with van der Waals surface area (Å²) in [6.07, 6.45) is 5.79. The van der Waals surface area contributed by atoms with Gasteiger partial charge in [0.25, 0.3) is 0 Å². The van der Waals surface area contributed by atoms with E-state index in [2.05, 4.69) is 40.1 Å². The lowest BCUT2D eigenvalue weighted by molar-refractivity contribution is 0.294. The molecule has 186 valence electrons. The molecule has 0 bridgehead atoms. The summed E-state index contributed by atoms with van der Waals surface area (Å²) in [4.78, 5) is 16.0. The Hall–Kier alpha value is -2.77. The normalized spacial score (nSPS) is 21.6. The Morgan fingerprint density at radius 3 is 2.60 bits per heavy atom. The molecular formula is C26H31Cl2FN6. The standard InChI is InChI=1S/C26H31Cl2FN6/c1-17-6-5-11-34(17)19(3)32-25(15-24(30)20-8-9-21(27)23(29)14-20)35-13-12-33(16-18(35)2)26-22(28)7-4-10-31-26/h4,7-10,14-15,17-18H,3,5-6,11-13,16,30H2,1-2H3/b24-15-,32-25?/t17-,18-/m1/s1. The number of amidine groups is 1. The molecule has 2 aromatic rings. The van der Waals surface area contributed by atoms with E-state index in [0.717, 1.165) is 31.7 Å². The van der Waals surface area contributed by atoms with Crippen LogP contribution < -0.4 is 10.6 Å². The molecule has 0 spiro atoms. The SMILES string of the molecule is C=C(N=C(/C=C(\N)c1ccc(Cl)c(F)c1)N1CCN(c2ncccc2Cl)C[C@H]1C)N1CCC[C@H]1C. The minimum absolute atomic E-state index is 0.0600. The molecule has 2 atom stereocenters. The lowest BCUT2D eigenvalue weighted by Crippen LogP contribution is -2.54. The summed E-state index contributed by atoms with van der Waals surface area (Å²) in [5.41, 5.74) is 7.38. The summed E-state index contributed by atoms with van der Waals surface area (Å²) in [6, 6.07) is 8.71. The van der Waals surface area contributed by atoms with Crippen LogP contribution in [0.25, 0.3) is 5.70 Å². The van der Waals surface area contributed by atoms with Gasteiger partial charge in [-0.15, -0.1) is 0 Å². The number of benzene rings is 1. The van der Waals surface area contributed by atoms with Crippen LogP contribution in [-0.4, -0.2) is 58.9 Å². The third-order valence-corrected chi connectivity index (χ3v) is 7.23. The fourth-order valence-corrected chi connectivity index (χ4v) is 5.05. The smallest absolute Gasteiger partial charge is 0.147 e. The molecule has 2 aliphatic rings. The first-order chi connectivity index (χ1) is 16.7. The van der Waals surface area contributed by atoms with Gasteiger partial charge in [-0.1, -0.05) is 35.8 Å². The van der Waals surface area contributed by atoms with Crippen molar-refractivity contribution < 1.29 is 4.39 Å². The number of piperazine rings is 1. The number of likely N-dealkylation sites (tertiary alicyclic amines) is 1. The maximum absolute atomic E-state index is 14.1. The molecule has 0 amide bonds. The molecule has 4 rings (SSSR count). The highest BCUT2D eigenvalue weighted by Crippen LogP contribution is 2.27. The Morgan fingerprint density at radius 2 is 1.94 bits per heavy atom. The monoisotopic (exact) mass is 516 g/mol. The molecule has 2 aliphatic heterocycles. The molecule has 35 heavy (non-hydrogen) atoms. The molecular weight excluding hydrogens is 486 g/mol. The lowest BCUT2D eigenvalue weighted by atomic mass is 10.1. The second-order valence-electron chi connectivity index (χ2n) is 9.10. The van der Waals surface area contributed by atoms with Gasteiger partial charge < -0.3 is 20.4 Å². The average Bonchev–Trinajstić information content (AvgIpc) is 3.26. The lowest BCUT2D eigenvalue weighted by Gasteiger charge is -2.42. The zero-order valence-corrected chi connectivity index (χ0v) is 21.6. The van der Waals surface area contributed by atoms with Gasteiger partial charge in [0, 0.05) is 61.8 Å². The van der Waals surface area contributed by atoms with Crippen LogP contribution in [0.2, 0.25) is 10.0 Å². The van der Waals surface area contributed by atoms with Crippen molar-refractivity contribution in [2.24, 2.45) is 10.7 Å². The number of anilines is 1. The average molecular weight is 517 g/mol. The molecule has 0 aliphatic carbocycles. The molecule has 0 radical (unpaired) electrons. The number of pyridine rings is 1. The summed E-state index contributed by atoms with van der Waals surface area (Å²) in [5, 5.41) is 0.692. The van der Waals surface area contributed by atoms with Gasteiger partial charge in [0.2, 0.25) is 0 Å². The van der Waals surface area contributed by atoms with Gasteiger partial charge in [0.05, 0.1) is 10.0 Å². The molecule has 2 fully saturated rings. The predicted molar refractivity (Wildman–Crippen MR) is 143 cm³/mol.